The third-order valence-corrected chi connectivity index (χ3v) is 2.44. The number of hydrogen-bond acceptors (Lipinski definition) is 3. The molecule has 0 bridgehead atoms. The second-order valence-electron chi connectivity index (χ2n) is 3.71. The Bertz CT molecular complexity index is 289. The highest BCUT2D eigenvalue weighted by atomic mass is 16.5. The number of unbranched alkanes of at least 4 members (excludes halogenated alkanes) is 2. The monoisotopic (exact) mass is 223 g/mol. The molecule has 0 aliphatic heterocycles. The smallest absolute Gasteiger partial charge is 0.124 e. The molecule has 0 fully saturated rings. The lowest BCUT2D eigenvalue weighted by Crippen LogP contribution is -2.01. The van der Waals surface area contributed by atoms with E-state index in [2.05, 4.69) is 0 Å². The first-order valence-electron chi connectivity index (χ1n) is 5.78. The van der Waals surface area contributed by atoms with Gasteiger partial charge in [0.2, 0.25) is 0 Å². The summed E-state index contributed by atoms with van der Waals surface area (Å²) in [5.74, 6) is 0.893. The van der Waals surface area contributed by atoms with Crippen LogP contribution in [0.3, 0.4) is 0 Å². The molecule has 0 saturated carbocycles. The summed E-state index contributed by atoms with van der Waals surface area (Å²) in [4.78, 5) is 0. The van der Waals surface area contributed by atoms with Crippen LogP contribution in [0.5, 0.6) is 5.75 Å². The minimum absolute atomic E-state index is 0.618. The molecule has 1 rings (SSSR count). The molecule has 0 spiro atoms. The lowest BCUT2D eigenvalue weighted by Gasteiger charge is -2.08. The summed E-state index contributed by atoms with van der Waals surface area (Å²) >= 11 is 0. The van der Waals surface area contributed by atoms with Gasteiger partial charge in [-0.2, -0.15) is 0 Å². The van der Waals surface area contributed by atoms with Crippen molar-refractivity contribution in [1.29, 1.82) is 0 Å². The van der Waals surface area contributed by atoms with Crippen LogP contribution in [0.25, 0.3) is 0 Å². The van der Waals surface area contributed by atoms with E-state index in [4.69, 9.17) is 15.2 Å². The second-order valence-corrected chi connectivity index (χ2v) is 3.71. The zero-order valence-electron chi connectivity index (χ0n) is 9.95. The lowest BCUT2D eigenvalue weighted by molar-refractivity contribution is 0.115. The van der Waals surface area contributed by atoms with Crippen LogP contribution >= 0.6 is 0 Å². The van der Waals surface area contributed by atoms with Crippen LogP contribution in [-0.4, -0.2) is 20.3 Å². The molecule has 0 aliphatic carbocycles. The zero-order valence-corrected chi connectivity index (χ0v) is 9.95. The molecule has 0 aliphatic rings. The van der Waals surface area contributed by atoms with Crippen LogP contribution < -0.4 is 10.5 Å². The number of hydrogen-bond donors (Lipinski definition) is 1. The standard InChI is InChI=1S/C13H21NO2/c1-15-13-8-4-3-7-12(13)11-16-10-6-2-5-9-14/h3-4,7-8H,2,5-6,9-11,14H2,1H3. The molecule has 0 aromatic heterocycles. The molecule has 3 heteroatoms. The summed E-state index contributed by atoms with van der Waals surface area (Å²) < 4.78 is 10.8. The van der Waals surface area contributed by atoms with Crippen molar-refractivity contribution in [2.24, 2.45) is 5.73 Å². The quantitative estimate of drug-likeness (QED) is 0.688. The van der Waals surface area contributed by atoms with Crippen molar-refractivity contribution in [1.82, 2.24) is 0 Å². The summed E-state index contributed by atoms with van der Waals surface area (Å²) in [6.07, 6.45) is 3.30. The van der Waals surface area contributed by atoms with Crippen molar-refractivity contribution in [3.05, 3.63) is 29.8 Å². The number of ether oxygens (including phenoxy) is 2. The third-order valence-electron chi connectivity index (χ3n) is 2.44. The molecule has 0 amide bonds. The van der Waals surface area contributed by atoms with Crippen molar-refractivity contribution >= 4 is 0 Å². The number of para-hydroxylation sites is 1. The Labute approximate surface area is 97.6 Å². The van der Waals surface area contributed by atoms with Crippen LogP contribution in [0.1, 0.15) is 24.8 Å². The number of methoxy groups -OCH3 is 1. The van der Waals surface area contributed by atoms with Crippen molar-refractivity contribution in [3.8, 4) is 5.75 Å². The Morgan fingerprint density at radius 2 is 1.94 bits per heavy atom. The average molecular weight is 223 g/mol. The lowest BCUT2D eigenvalue weighted by atomic mass is 10.2. The van der Waals surface area contributed by atoms with Gasteiger partial charge in [-0.25, -0.2) is 0 Å². The summed E-state index contributed by atoms with van der Waals surface area (Å²) in [6.45, 7) is 2.18. The molecule has 0 atom stereocenters. The Morgan fingerprint density at radius 3 is 2.69 bits per heavy atom. The first-order chi connectivity index (χ1) is 7.88. The summed E-state index contributed by atoms with van der Waals surface area (Å²) in [5.41, 5.74) is 6.52. The molecule has 0 radical (unpaired) electrons. The van der Waals surface area contributed by atoms with Gasteiger partial charge in [0.25, 0.3) is 0 Å². The zero-order chi connectivity index (χ0) is 11.6. The maximum Gasteiger partial charge on any atom is 0.124 e. The summed E-state index contributed by atoms with van der Waals surface area (Å²) in [6, 6.07) is 7.94. The van der Waals surface area contributed by atoms with E-state index in [0.717, 1.165) is 43.7 Å². The maximum absolute atomic E-state index is 5.59. The van der Waals surface area contributed by atoms with Gasteiger partial charge in [0.15, 0.2) is 0 Å². The van der Waals surface area contributed by atoms with E-state index in [-0.39, 0.29) is 0 Å². The van der Waals surface area contributed by atoms with Crippen molar-refractivity contribution in [2.45, 2.75) is 25.9 Å². The van der Waals surface area contributed by atoms with Gasteiger partial charge < -0.3 is 15.2 Å². The normalized spacial score (nSPS) is 10.4. The van der Waals surface area contributed by atoms with E-state index in [0.29, 0.717) is 6.61 Å². The first kappa shape index (κ1) is 13.0. The largest absolute Gasteiger partial charge is 0.496 e. The van der Waals surface area contributed by atoms with Crippen LogP contribution in [0, 0.1) is 0 Å². The van der Waals surface area contributed by atoms with Crippen LogP contribution in [0.4, 0.5) is 0 Å². The summed E-state index contributed by atoms with van der Waals surface area (Å²) in [7, 11) is 1.68. The van der Waals surface area contributed by atoms with E-state index >= 15 is 0 Å². The van der Waals surface area contributed by atoms with E-state index in [1.165, 1.54) is 0 Å². The minimum atomic E-state index is 0.618. The maximum atomic E-state index is 5.59. The fraction of sp³-hybridized carbons (Fsp3) is 0.538. The Hall–Kier alpha value is -1.06. The molecular weight excluding hydrogens is 202 g/mol. The Kier molecular flexibility index (Phi) is 6.61. The molecular formula is C13H21NO2. The van der Waals surface area contributed by atoms with E-state index in [1.54, 1.807) is 7.11 Å². The van der Waals surface area contributed by atoms with Gasteiger partial charge in [-0.1, -0.05) is 18.2 Å². The van der Waals surface area contributed by atoms with Gasteiger partial charge in [0.1, 0.15) is 5.75 Å². The molecule has 0 unspecified atom stereocenters. The molecule has 2 N–H and O–H groups in total. The number of benzene rings is 1. The average Bonchev–Trinajstić information content (AvgIpc) is 2.34. The van der Waals surface area contributed by atoms with Crippen molar-refractivity contribution in [3.63, 3.8) is 0 Å². The van der Waals surface area contributed by atoms with Crippen molar-refractivity contribution < 1.29 is 9.47 Å². The van der Waals surface area contributed by atoms with Crippen LogP contribution in [0.15, 0.2) is 24.3 Å². The molecule has 0 saturated heterocycles. The van der Waals surface area contributed by atoms with Crippen LogP contribution in [0.2, 0.25) is 0 Å². The Morgan fingerprint density at radius 1 is 1.12 bits per heavy atom. The predicted molar refractivity (Wildman–Crippen MR) is 65.6 cm³/mol. The fourth-order valence-electron chi connectivity index (χ4n) is 1.53. The van der Waals surface area contributed by atoms with Crippen molar-refractivity contribution in [2.75, 3.05) is 20.3 Å². The highest BCUT2D eigenvalue weighted by molar-refractivity contribution is 5.32. The van der Waals surface area contributed by atoms with E-state index in [1.807, 2.05) is 24.3 Å². The topological polar surface area (TPSA) is 44.5 Å². The molecule has 16 heavy (non-hydrogen) atoms. The molecule has 90 valence electrons. The van der Waals surface area contributed by atoms with Gasteiger partial charge in [0, 0.05) is 12.2 Å². The van der Waals surface area contributed by atoms with Crippen LogP contribution in [-0.2, 0) is 11.3 Å². The van der Waals surface area contributed by atoms with Gasteiger partial charge in [0.05, 0.1) is 13.7 Å². The first-order valence-corrected chi connectivity index (χ1v) is 5.78. The van der Waals surface area contributed by atoms with E-state index < -0.39 is 0 Å². The highest BCUT2D eigenvalue weighted by Gasteiger charge is 2.00. The van der Waals surface area contributed by atoms with Gasteiger partial charge in [-0.05, 0) is 31.9 Å². The molecule has 0 heterocycles. The molecule has 1 aromatic carbocycles. The fourth-order valence-corrected chi connectivity index (χ4v) is 1.53. The SMILES string of the molecule is COc1ccccc1COCCCCCN. The van der Waals surface area contributed by atoms with Gasteiger partial charge >= 0.3 is 0 Å². The molecule has 1 aromatic rings. The third kappa shape index (κ3) is 4.64. The minimum Gasteiger partial charge on any atom is -0.496 e. The number of nitrogens with two attached hydrogens (primary N) is 1. The summed E-state index contributed by atoms with van der Waals surface area (Å²) in [5, 5.41) is 0. The van der Waals surface area contributed by atoms with Gasteiger partial charge in [-0.3, -0.25) is 0 Å². The Balaban J connectivity index is 2.21. The van der Waals surface area contributed by atoms with Gasteiger partial charge in [-0.15, -0.1) is 0 Å². The number of rotatable bonds is 8. The highest BCUT2D eigenvalue weighted by Crippen LogP contribution is 2.17. The predicted octanol–water partition coefficient (Wildman–Crippen LogP) is 2.34. The van der Waals surface area contributed by atoms with E-state index in [9.17, 15) is 0 Å². The molecule has 3 nitrogen and oxygen atoms in total. The second kappa shape index (κ2) is 8.13.